The lowest BCUT2D eigenvalue weighted by atomic mass is 10.0. The molecule has 5 nitrogen and oxygen atoms in total. The van der Waals surface area contributed by atoms with Crippen molar-refractivity contribution < 1.29 is 14.7 Å². The van der Waals surface area contributed by atoms with Gasteiger partial charge in [-0.15, -0.1) is 0 Å². The lowest BCUT2D eigenvalue weighted by Gasteiger charge is -2.36. The number of carbonyl (C=O) groups is 2. The summed E-state index contributed by atoms with van der Waals surface area (Å²) < 4.78 is 0. The fourth-order valence-corrected chi connectivity index (χ4v) is 3.43. The third-order valence-corrected chi connectivity index (χ3v) is 4.54. The molecule has 6 heteroatoms. The molecule has 1 fully saturated rings. The fraction of sp³-hybridized carbons (Fsp3) is 0.857. The Balaban J connectivity index is 2.47. The Morgan fingerprint density at radius 1 is 1.30 bits per heavy atom. The number of thioether (sulfide) groups is 1. The number of amides is 2. The molecule has 116 valence electrons. The summed E-state index contributed by atoms with van der Waals surface area (Å²) in [5, 5.41) is 11.8. The number of hydrogen-bond acceptors (Lipinski definition) is 3. The average molecular weight is 302 g/mol. The largest absolute Gasteiger partial charge is 0.481 e. The van der Waals surface area contributed by atoms with E-state index in [1.165, 1.54) is 11.5 Å². The van der Waals surface area contributed by atoms with Gasteiger partial charge in [0.1, 0.15) is 0 Å². The summed E-state index contributed by atoms with van der Waals surface area (Å²) >= 11 is 1.97. The Labute approximate surface area is 125 Å². The van der Waals surface area contributed by atoms with E-state index < -0.39 is 5.97 Å². The van der Waals surface area contributed by atoms with Gasteiger partial charge in [-0.1, -0.05) is 0 Å². The Bertz CT molecular complexity index is 336. The maximum Gasteiger partial charge on any atom is 0.317 e. The molecule has 0 unspecified atom stereocenters. The van der Waals surface area contributed by atoms with Gasteiger partial charge in [-0.3, -0.25) is 4.79 Å². The molecule has 0 aromatic carbocycles. The maximum atomic E-state index is 12.3. The van der Waals surface area contributed by atoms with Gasteiger partial charge in [0.15, 0.2) is 0 Å². The molecule has 0 aliphatic carbocycles. The Morgan fingerprint density at radius 3 is 2.40 bits per heavy atom. The van der Waals surface area contributed by atoms with Crippen LogP contribution in [0.4, 0.5) is 4.79 Å². The highest BCUT2D eigenvalue weighted by Crippen LogP contribution is 2.22. The second kappa shape index (κ2) is 7.76. The average Bonchev–Trinajstić information content (AvgIpc) is 2.35. The number of hydrogen-bond donors (Lipinski definition) is 2. The van der Waals surface area contributed by atoms with Gasteiger partial charge < -0.3 is 15.3 Å². The van der Waals surface area contributed by atoms with Crippen molar-refractivity contribution in [1.82, 2.24) is 10.2 Å². The minimum Gasteiger partial charge on any atom is -0.481 e. The summed E-state index contributed by atoms with van der Waals surface area (Å²) in [6.07, 6.45) is 2.27. The zero-order valence-corrected chi connectivity index (χ0v) is 13.5. The normalized spacial score (nSPS) is 16.8. The van der Waals surface area contributed by atoms with Gasteiger partial charge >= 0.3 is 12.0 Å². The van der Waals surface area contributed by atoms with Gasteiger partial charge in [0.25, 0.3) is 0 Å². The third-order valence-electron chi connectivity index (χ3n) is 3.49. The maximum absolute atomic E-state index is 12.3. The number of nitrogens with zero attached hydrogens (tertiary/aromatic N) is 1. The van der Waals surface area contributed by atoms with Crippen molar-refractivity contribution in [3.8, 4) is 0 Å². The van der Waals surface area contributed by atoms with E-state index in [0.717, 1.165) is 12.8 Å². The minimum absolute atomic E-state index is 0.0231. The van der Waals surface area contributed by atoms with Crippen molar-refractivity contribution in [1.29, 1.82) is 0 Å². The molecule has 0 radical (unpaired) electrons. The van der Waals surface area contributed by atoms with Crippen molar-refractivity contribution in [2.24, 2.45) is 5.92 Å². The molecule has 0 aromatic rings. The lowest BCUT2D eigenvalue weighted by molar-refractivity contribution is -0.137. The number of rotatable bonds is 5. The van der Waals surface area contributed by atoms with Gasteiger partial charge in [0.2, 0.25) is 0 Å². The minimum atomic E-state index is -0.878. The summed E-state index contributed by atoms with van der Waals surface area (Å²) in [6, 6.07) is -0.156. The molecule has 2 N–H and O–H groups in total. The van der Waals surface area contributed by atoms with Gasteiger partial charge in [-0.25, -0.2) is 4.79 Å². The van der Waals surface area contributed by atoms with Crippen molar-refractivity contribution in [3.63, 3.8) is 0 Å². The smallest absolute Gasteiger partial charge is 0.317 e. The van der Waals surface area contributed by atoms with Crippen LogP contribution in [-0.4, -0.2) is 52.1 Å². The van der Waals surface area contributed by atoms with Crippen molar-refractivity contribution in [3.05, 3.63) is 0 Å². The van der Waals surface area contributed by atoms with E-state index in [-0.39, 0.29) is 24.5 Å². The first-order chi connectivity index (χ1) is 9.30. The summed E-state index contributed by atoms with van der Waals surface area (Å²) in [5.74, 6) is 2.02. The van der Waals surface area contributed by atoms with Crippen LogP contribution >= 0.6 is 11.8 Å². The lowest BCUT2D eigenvalue weighted by Crippen LogP contribution is -2.52. The number of carbonyl (C=O) groups excluding carboxylic acids is 1. The molecule has 20 heavy (non-hydrogen) atoms. The predicted molar refractivity (Wildman–Crippen MR) is 82.2 cm³/mol. The van der Waals surface area contributed by atoms with Gasteiger partial charge in [-0.05, 0) is 51.0 Å². The van der Waals surface area contributed by atoms with E-state index in [1.54, 1.807) is 4.90 Å². The highest BCUT2D eigenvalue weighted by atomic mass is 32.2. The van der Waals surface area contributed by atoms with Crippen LogP contribution in [0.25, 0.3) is 0 Å². The Kier molecular flexibility index (Phi) is 6.65. The van der Waals surface area contributed by atoms with Gasteiger partial charge in [-0.2, -0.15) is 11.8 Å². The van der Waals surface area contributed by atoms with E-state index in [2.05, 4.69) is 5.32 Å². The molecule has 1 aliphatic heterocycles. The number of aliphatic carboxylic acids is 1. The van der Waals surface area contributed by atoms with E-state index in [0.29, 0.717) is 12.5 Å². The van der Waals surface area contributed by atoms with E-state index in [1.807, 2.05) is 32.5 Å². The molecule has 0 aromatic heterocycles. The zero-order valence-electron chi connectivity index (χ0n) is 12.6. The number of urea groups is 1. The van der Waals surface area contributed by atoms with Gasteiger partial charge in [0.05, 0.1) is 6.42 Å². The molecule has 2 amide bonds. The van der Waals surface area contributed by atoms with Crippen LogP contribution in [0.5, 0.6) is 0 Å². The Hall–Kier alpha value is -0.910. The van der Waals surface area contributed by atoms with Crippen LogP contribution in [0.2, 0.25) is 0 Å². The molecular formula is C14H26N2O3S. The van der Waals surface area contributed by atoms with Crippen LogP contribution in [0.3, 0.4) is 0 Å². The quantitative estimate of drug-likeness (QED) is 0.818. The SMILES string of the molecule is CC(C)(C)N(CCC(=O)O)C(=O)NCC1CCSCC1. The van der Waals surface area contributed by atoms with Crippen LogP contribution in [0.1, 0.15) is 40.0 Å². The zero-order chi connectivity index (χ0) is 15.2. The van der Waals surface area contributed by atoms with E-state index in [9.17, 15) is 9.59 Å². The number of carboxylic acid groups (broad SMARTS) is 1. The first-order valence-electron chi connectivity index (χ1n) is 7.15. The molecule has 0 atom stereocenters. The molecule has 1 saturated heterocycles. The summed E-state index contributed by atoms with van der Waals surface area (Å²) in [5.41, 5.74) is -0.373. The van der Waals surface area contributed by atoms with E-state index >= 15 is 0 Å². The van der Waals surface area contributed by atoms with Gasteiger partial charge in [0, 0.05) is 18.6 Å². The highest BCUT2D eigenvalue weighted by molar-refractivity contribution is 7.99. The molecule has 0 bridgehead atoms. The van der Waals surface area contributed by atoms with Crippen LogP contribution in [0.15, 0.2) is 0 Å². The van der Waals surface area contributed by atoms with E-state index in [4.69, 9.17) is 5.11 Å². The monoisotopic (exact) mass is 302 g/mol. The molecule has 0 saturated carbocycles. The van der Waals surface area contributed by atoms with Crippen molar-refractivity contribution in [2.45, 2.75) is 45.6 Å². The second-order valence-corrected chi connectivity index (χ2v) is 7.43. The first kappa shape index (κ1) is 17.1. The molecular weight excluding hydrogens is 276 g/mol. The van der Waals surface area contributed by atoms with Crippen LogP contribution in [-0.2, 0) is 4.79 Å². The fourth-order valence-electron chi connectivity index (χ4n) is 2.23. The van der Waals surface area contributed by atoms with Crippen LogP contribution in [0, 0.1) is 5.92 Å². The van der Waals surface area contributed by atoms with Crippen molar-refractivity contribution in [2.75, 3.05) is 24.6 Å². The predicted octanol–water partition coefficient (Wildman–Crippen LogP) is 2.41. The summed E-state index contributed by atoms with van der Waals surface area (Å²) in [7, 11) is 0. The van der Waals surface area contributed by atoms with Crippen LogP contribution < -0.4 is 5.32 Å². The second-order valence-electron chi connectivity index (χ2n) is 6.21. The third kappa shape index (κ3) is 6.03. The molecule has 0 spiro atoms. The first-order valence-corrected chi connectivity index (χ1v) is 8.31. The molecule has 1 heterocycles. The Morgan fingerprint density at radius 2 is 1.90 bits per heavy atom. The number of nitrogens with one attached hydrogen (secondary N) is 1. The summed E-state index contributed by atoms with van der Waals surface area (Å²) in [4.78, 5) is 24.6. The highest BCUT2D eigenvalue weighted by Gasteiger charge is 2.27. The molecule has 1 rings (SSSR count). The summed E-state index contributed by atoms with van der Waals surface area (Å²) in [6.45, 7) is 6.70. The van der Waals surface area contributed by atoms with Crippen molar-refractivity contribution >= 4 is 23.8 Å². The standard InChI is InChI=1S/C14H26N2O3S/c1-14(2,3)16(7-4-12(17)18)13(19)15-10-11-5-8-20-9-6-11/h11H,4-10H2,1-3H3,(H,15,19)(H,17,18). The number of carboxylic acids is 1. The topological polar surface area (TPSA) is 69.6 Å². The molecule has 1 aliphatic rings.